The third-order valence-electron chi connectivity index (χ3n) is 5.39. The first-order valence-corrected chi connectivity index (χ1v) is 10.00. The van der Waals surface area contributed by atoms with Crippen molar-refractivity contribution in [3.05, 3.63) is 46.3 Å². The van der Waals surface area contributed by atoms with E-state index in [-0.39, 0.29) is 30.0 Å². The average Bonchev–Trinajstić information content (AvgIpc) is 3.02. The molecule has 1 aromatic carbocycles. The summed E-state index contributed by atoms with van der Waals surface area (Å²) in [7, 11) is 0. The Morgan fingerprint density at radius 2 is 1.93 bits per heavy atom. The Labute approximate surface area is 174 Å². The van der Waals surface area contributed by atoms with Gasteiger partial charge in [0, 0.05) is 37.3 Å². The molecule has 2 heterocycles. The van der Waals surface area contributed by atoms with Crippen LogP contribution < -0.4 is 10.1 Å². The molecule has 0 aliphatic carbocycles. The maximum absolute atomic E-state index is 14.5. The molecule has 0 saturated carbocycles. The van der Waals surface area contributed by atoms with Gasteiger partial charge in [0.1, 0.15) is 36.4 Å². The van der Waals surface area contributed by atoms with E-state index in [0.717, 1.165) is 24.1 Å². The summed E-state index contributed by atoms with van der Waals surface area (Å²) >= 11 is 0. The molecule has 9 heteroatoms. The van der Waals surface area contributed by atoms with Gasteiger partial charge in [-0.25, -0.2) is 13.6 Å². The van der Waals surface area contributed by atoms with Crippen LogP contribution in [-0.2, 0) is 18.0 Å². The van der Waals surface area contributed by atoms with E-state index in [1.165, 1.54) is 0 Å². The Balaban J connectivity index is 1.64. The van der Waals surface area contributed by atoms with Crippen LogP contribution in [0.15, 0.2) is 16.7 Å². The van der Waals surface area contributed by atoms with Gasteiger partial charge in [0.2, 0.25) is 0 Å². The van der Waals surface area contributed by atoms with Crippen molar-refractivity contribution in [1.29, 1.82) is 0 Å². The molecule has 0 bridgehead atoms. The van der Waals surface area contributed by atoms with Crippen LogP contribution >= 0.6 is 0 Å². The molecule has 30 heavy (non-hydrogen) atoms. The van der Waals surface area contributed by atoms with Gasteiger partial charge in [0.15, 0.2) is 0 Å². The molecule has 0 unspecified atom stereocenters. The molecule has 1 aliphatic heterocycles. The molecule has 0 radical (unpaired) electrons. The molecule has 1 fully saturated rings. The number of carbonyl (C=O) groups excluding carboxylic acids is 1. The van der Waals surface area contributed by atoms with Crippen LogP contribution in [0.4, 0.5) is 13.6 Å². The number of aromatic nitrogens is 1. The van der Waals surface area contributed by atoms with Crippen LogP contribution in [0, 0.1) is 25.5 Å². The monoisotopic (exact) mass is 423 g/mol. The first-order chi connectivity index (χ1) is 14.3. The third-order valence-corrected chi connectivity index (χ3v) is 5.39. The SMILES string of the molecule is CC[C@H]1CNC[C@@H](C)N1C(=O)OCc1c(F)cc(OCc2c(C)noc2C)cc1F. The summed E-state index contributed by atoms with van der Waals surface area (Å²) < 4.78 is 44.7. The lowest BCUT2D eigenvalue weighted by molar-refractivity contribution is 0.0499. The van der Waals surface area contributed by atoms with Gasteiger partial charge in [-0.2, -0.15) is 0 Å². The second-order valence-corrected chi connectivity index (χ2v) is 7.49. The van der Waals surface area contributed by atoms with Crippen molar-refractivity contribution in [2.75, 3.05) is 13.1 Å². The molecule has 0 spiro atoms. The highest BCUT2D eigenvalue weighted by Crippen LogP contribution is 2.24. The van der Waals surface area contributed by atoms with Gasteiger partial charge in [0.25, 0.3) is 0 Å². The van der Waals surface area contributed by atoms with E-state index in [4.69, 9.17) is 14.0 Å². The van der Waals surface area contributed by atoms with Crippen molar-refractivity contribution in [3.63, 3.8) is 0 Å². The van der Waals surface area contributed by atoms with Gasteiger partial charge in [0.05, 0.1) is 16.8 Å². The predicted octanol–water partition coefficient (Wildman–Crippen LogP) is 3.86. The van der Waals surface area contributed by atoms with E-state index in [9.17, 15) is 13.6 Å². The number of halogens is 2. The number of piperazine rings is 1. The highest BCUT2D eigenvalue weighted by molar-refractivity contribution is 5.68. The highest BCUT2D eigenvalue weighted by atomic mass is 19.1. The number of benzene rings is 1. The Morgan fingerprint density at radius 1 is 1.23 bits per heavy atom. The van der Waals surface area contributed by atoms with Gasteiger partial charge in [-0.05, 0) is 27.2 Å². The molecule has 3 rings (SSSR count). The smallest absolute Gasteiger partial charge is 0.410 e. The molecule has 164 valence electrons. The number of hydrogen-bond donors (Lipinski definition) is 1. The van der Waals surface area contributed by atoms with Crippen molar-refractivity contribution >= 4 is 6.09 Å². The summed E-state index contributed by atoms with van der Waals surface area (Å²) in [5.41, 5.74) is 1.07. The van der Waals surface area contributed by atoms with Crippen LogP contribution in [0.3, 0.4) is 0 Å². The summed E-state index contributed by atoms with van der Waals surface area (Å²) in [6.07, 6.45) is 0.181. The van der Waals surface area contributed by atoms with E-state index in [2.05, 4.69) is 10.5 Å². The molecule has 2 atom stereocenters. The van der Waals surface area contributed by atoms with Gasteiger partial charge in [-0.3, -0.25) is 4.90 Å². The molecule has 1 aliphatic rings. The van der Waals surface area contributed by atoms with E-state index < -0.39 is 24.3 Å². The summed E-state index contributed by atoms with van der Waals surface area (Å²) in [5, 5.41) is 7.07. The Bertz CT molecular complexity index is 860. The van der Waals surface area contributed by atoms with Crippen molar-refractivity contribution in [3.8, 4) is 5.75 Å². The van der Waals surface area contributed by atoms with E-state index in [1.54, 1.807) is 18.7 Å². The molecule has 2 aromatic rings. The van der Waals surface area contributed by atoms with Gasteiger partial charge >= 0.3 is 6.09 Å². The van der Waals surface area contributed by atoms with Crippen LogP contribution in [0.5, 0.6) is 5.75 Å². The summed E-state index contributed by atoms with van der Waals surface area (Å²) in [6.45, 7) is 8.27. The summed E-state index contributed by atoms with van der Waals surface area (Å²) in [5.74, 6) is -1.06. The lowest BCUT2D eigenvalue weighted by Crippen LogP contribution is -2.58. The van der Waals surface area contributed by atoms with Gasteiger partial charge in [-0.1, -0.05) is 12.1 Å². The van der Waals surface area contributed by atoms with E-state index in [1.807, 2.05) is 13.8 Å². The van der Waals surface area contributed by atoms with Crippen LogP contribution in [0.1, 0.15) is 42.8 Å². The second kappa shape index (κ2) is 9.42. The zero-order chi connectivity index (χ0) is 21.8. The van der Waals surface area contributed by atoms with Crippen molar-refractivity contribution in [2.45, 2.75) is 59.4 Å². The molecule has 1 saturated heterocycles. The fraction of sp³-hybridized carbons (Fsp3) is 0.524. The summed E-state index contributed by atoms with van der Waals surface area (Å²) in [6, 6.07) is 2.07. The number of ether oxygens (including phenoxy) is 2. The third kappa shape index (κ3) is 4.72. The number of aryl methyl sites for hydroxylation is 2. The molecule has 1 N–H and O–H groups in total. The zero-order valence-corrected chi connectivity index (χ0v) is 17.6. The van der Waals surface area contributed by atoms with Crippen LogP contribution in [0.25, 0.3) is 0 Å². The van der Waals surface area contributed by atoms with Gasteiger partial charge in [-0.15, -0.1) is 0 Å². The molecular formula is C21H27F2N3O4. The minimum absolute atomic E-state index is 0.0176. The molecule has 1 amide bonds. The maximum Gasteiger partial charge on any atom is 0.410 e. The quantitative estimate of drug-likeness (QED) is 0.760. The first kappa shape index (κ1) is 22.0. The number of rotatable bonds is 6. The molecule has 1 aromatic heterocycles. The average molecular weight is 423 g/mol. The largest absolute Gasteiger partial charge is 0.488 e. The Morgan fingerprint density at radius 3 is 2.53 bits per heavy atom. The van der Waals surface area contributed by atoms with Crippen molar-refractivity contribution in [1.82, 2.24) is 15.4 Å². The number of amides is 1. The van der Waals surface area contributed by atoms with Gasteiger partial charge < -0.3 is 19.3 Å². The lowest BCUT2D eigenvalue weighted by Gasteiger charge is -2.39. The fourth-order valence-electron chi connectivity index (χ4n) is 3.56. The number of carbonyl (C=O) groups is 1. The summed E-state index contributed by atoms with van der Waals surface area (Å²) in [4.78, 5) is 14.2. The van der Waals surface area contributed by atoms with Crippen LogP contribution in [0.2, 0.25) is 0 Å². The fourth-order valence-corrected chi connectivity index (χ4v) is 3.56. The number of hydrogen-bond acceptors (Lipinski definition) is 6. The highest BCUT2D eigenvalue weighted by Gasteiger charge is 2.32. The first-order valence-electron chi connectivity index (χ1n) is 10.00. The Hall–Kier alpha value is -2.68. The van der Waals surface area contributed by atoms with Crippen molar-refractivity contribution in [2.24, 2.45) is 0 Å². The normalized spacial score (nSPS) is 19.1. The van der Waals surface area contributed by atoms with E-state index in [0.29, 0.717) is 24.5 Å². The standard InChI is InChI=1S/C21H27F2N3O4/c1-5-15-9-24-8-12(2)26(15)21(27)29-11-18-19(22)6-16(7-20(18)23)28-10-17-13(3)25-30-14(17)4/h6-7,12,15,24H,5,8-11H2,1-4H3/t12-,15+/m1/s1. The molecule has 7 nitrogen and oxygen atoms in total. The predicted molar refractivity (Wildman–Crippen MR) is 105 cm³/mol. The number of nitrogens with one attached hydrogen (secondary N) is 1. The van der Waals surface area contributed by atoms with Crippen molar-refractivity contribution < 1.29 is 27.6 Å². The molecular weight excluding hydrogens is 396 g/mol. The second-order valence-electron chi connectivity index (χ2n) is 7.49. The van der Waals surface area contributed by atoms with Crippen LogP contribution in [-0.4, -0.2) is 41.3 Å². The number of nitrogens with zero attached hydrogens (tertiary/aromatic N) is 2. The minimum Gasteiger partial charge on any atom is -0.488 e. The lowest BCUT2D eigenvalue weighted by atomic mass is 10.1. The zero-order valence-electron chi connectivity index (χ0n) is 17.6. The minimum atomic E-state index is -0.836. The topological polar surface area (TPSA) is 76.8 Å². The Kier molecular flexibility index (Phi) is 6.91. The maximum atomic E-state index is 14.5. The van der Waals surface area contributed by atoms with E-state index >= 15 is 0 Å².